The van der Waals surface area contributed by atoms with Gasteiger partial charge >= 0.3 is 0 Å². The van der Waals surface area contributed by atoms with Gasteiger partial charge in [0.05, 0.1) is 16.3 Å². The lowest BCUT2D eigenvalue weighted by atomic mass is 9.83. The molecule has 1 aliphatic heterocycles. The summed E-state index contributed by atoms with van der Waals surface area (Å²) in [6.45, 7) is 0. The Labute approximate surface area is 196 Å². The van der Waals surface area contributed by atoms with Crippen LogP contribution in [0.3, 0.4) is 0 Å². The second-order valence-corrected chi connectivity index (χ2v) is 9.33. The minimum atomic E-state index is -0.119. The molecular weight excluding hydrogens is 424 g/mol. The van der Waals surface area contributed by atoms with Crippen molar-refractivity contribution >= 4 is 29.2 Å². The highest BCUT2D eigenvalue weighted by molar-refractivity contribution is 7.07. The van der Waals surface area contributed by atoms with E-state index < -0.39 is 0 Å². The Hall–Kier alpha value is -3.76. The fourth-order valence-electron chi connectivity index (χ4n) is 4.78. The molecule has 0 N–H and O–H groups in total. The minimum Gasteiger partial charge on any atom is -0.272 e. The summed E-state index contributed by atoms with van der Waals surface area (Å²) >= 11 is 1.47. The maximum Gasteiger partial charge on any atom is 0.271 e. The minimum absolute atomic E-state index is 0.0238. The number of thiazole rings is 1. The van der Waals surface area contributed by atoms with Gasteiger partial charge in [0.15, 0.2) is 4.80 Å². The van der Waals surface area contributed by atoms with Gasteiger partial charge in [-0.3, -0.25) is 9.36 Å². The van der Waals surface area contributed by atoms with Crippen LogP contribution >= 0.6 is 11.3 Å². The molecule has 1 aromatic heterocycles. The molecule has 0 saturated heterocycles. The van der Waals surface area contributed by atoms with Gasteiger partial charge in [-0.1, -0.05) is 108 Å². The second-order valence-electron chi connectivity index (χ2n) is 8.32. The number of benzene rings is 3. The SMILES string of the molecule is O=c1c(=C/C=C/c2ccccc2)sc2n1C(c1ccccc1)C1=C(N=2)c2ccccc2CC1. The van der Waals surface area contributed by atoms with Crippen LogP contribution in [0, 0.1) is 0 Å². The van der Waals surface area contributed by atoms with Crippen molar-refractivity contribution in [3.63, 3.8) is 0 Å². The summed E-state index contributed by atoms with van der Waals surface area (Å²) in [5.74, 6) is 0. The van der Waals surface area contributed by atoms with Crippen LogP contribution in [0.4, 0.5) is 0 Å². The zero-order chi connectivity index (χ0) is 22.2. The Kier molecular flexibility index (Phi) is 5.00. The standard InChI is InChI=1S/C29H22N2OS/c32-28-25(17-9-12-20-10-3-1-4-11-20)33-29-30-26-23-16-8-7-13-21(23)18-19-24(26)27(31(28)29)22-14-5-2-6-15-22/h1-17,27H,18-19H2/b12-9+,25-17?. The molecule has 0 amide bonds. The molecule has 0 bridgehead atoms. The van der Waals surface area contributed by atoms with Crippen molar-refractivity contribution in [1.29, 1.82) is 0 Å². The predicted molar refractivity (Wildman–Crippen MR) is 136 cm³/mol. The van der Waals surface area contributed by atoms with E-state index in [1.807, 2.05) is 71.3 Å². The van der Waals surface area contributed by atoms with Crippen molar-refractivity contribution in [2.24, 2.45) is 4.99 Å². The number of nitrogens with zero attached hydrogens (tertiary/aromatic N) is 2. The third-order valence-electron chi connectivity index (χ3n) is 6.32. The zero-order valence-electron chi connectivity index (χ0n) is 18.0. The molecule has 0 radical (unpaired) electrons. The quantitative estimate of drug-likeness (QED) is 0.437. The summed E-state index contributed by atoms with van der Waals surface area (Å²) in [5, 5.41) is 0. The number of fused-ring (bicyclic) bond motifs is 3. The summed E-state index contributed by atoms with van der Waals surface area (Å²) in [6, 6.07) is 28.9. The Bertz CT molecular complexity index is 1570. The highest BCUT2D eigenvalue weighted by Gasteiger charge is 2.32. The van der Waals surface area contributed by atoms with E-state index in [1.165, 1.54) is 28.0 Å². The van der Waals surface area contributed by atoms with Gasteiger partial charge in [0, 0.05) is 5.56 Å². The van der Waals surface area contributed by atoms with Crippen LogP contribution in [0.15, 0.2) is 106 Å². The smallest absolute Gasteiger partial charge is 0.271 e. The number of allylic oxidation sites excluding steroid dienone is 2. The van der Waals surface area contributed by atoms with Gasteiger partial charge in [0.1, 0.15) is 0 Å². The molecule has 4 aromatic rings. The molecule has 2 heterocycles. The molecule has 3 aromatic carbocycles. The van der Waals surface area contributed by atoms with Gasteiger partial charge in [-0.25, -0.2) is 4.99 Å². The average molecular weight is 447 g/mol. The van der Waals surface area contributed by atoms with Crippen molar-refractivity contribution in [3.05, 3.63) is 139 Å². The van der Waals surface area contributed by atoms with Crippen molar-refractivity contribution in [2.75, 3.05) is 0 Å². The lowest BCUT2D eigenvalue weighted by Crippen LogP contribution is -2.38. The molecule has 0 fully saturated rings. The first-order valence-electron chi connectivity index (χ1n) is 11.2. The molecule has 4 heteroatoms. The highest BCUT2D eigenvalue weighted by Crippen LogP contribution is 2.41. The first-order chi connectivity index (χ1) is 16.3. The topological polar surface area (TPSA) is 34.4 Å². The molecule has 1 unspecified atom stereocenters. The van der Waals surface area contributed by atoms with Gasteiger partial charge in [0.25, 0.3) is 5.56 Å². The Balaban J connectivity index is 1.54. The molecule has 2 aliphatic rings. The van der Waals surface area contributed by atoms with Crippen LogP contribution in [0.5, 0.6) is 0 Å². The Morgan fingerprint density at radius 3 is 2.42 bits per heavy atom. The van der Waals surface area contributed by atoms with E-state index in [1.54, 1.807) is 0 Å². The lowest BCUT2D eigenvalue weighted by molar-refractivity contribution is 0.585. The molecule has 0 spiro atoms. The third-order valence-corrected chi connectivity index (χ3v) is 7.33. The molecule has 33 heavy (non-hydrogen) atoms. The van der Waals surface area contributed by atoms with E-state index in [2.05, 4.69) is 36.4 Å². The van der Waals surface area contributed by atoms with E-state index in [9.17, 15) is 4.79 Å². The van der Waals surface area contributed by atoms with Gasteiger partial charge in [0.2, 0.25) is 0 Å². The predicted octanol–water partition coefficient (Wildman–Crippen LogP) is 4.98. The largest absolute Gasteiger partial charge is 0.272 e. The number of hydrogen-bond donors (Lipinski definition) is 0. The highest BCUT2D eigenvalue weighted by atomic mass is 32.1. The first kappa shape index (κ1) is 19.9. The maximum atomic E-state index is 13.6. The molecular formula is C29H22N2OS. The van der Waals surface area contributed by atoms with Gasteiger partial charge < -0.3 is 0 Å². The van der Waals surface area contributed by atoms with Crippen molar-refractivity contribution in [1.82, 2.24) is 4.57 Å². The number of hydrogen-bond acceptors (Lipinski definition) is 3. The van der Waals surface area contributed by atoms with Crippen LogP contribution in [0.25, 0.3) is 17.8 Å². The third kappa shape index (κ3) is 3.53. The Morgan fingerprint density at radius 2 is 1.61 bits per heavy atom. The van der Waals surface area contributed by atoms with Crippen LogP contribution in [-0.4, -0.2) is 4.57 Å². The van der Waals surface area contributed by atoms with E-state index >= 15 is 0 Å². The molecule has 0 saturated carbocycles. The normalized spacial score (nSPS) is 17.5. The number of aryl methyl sites for hydroxylation is 1. The zero-order valence-corrected chi connectivity index (χ0v) is 18.8. The maximum absolute atomic E-state index is 13.6. The number of rotatable bonds is 3. The fourth-order valence-corrected chi connectivity index (χ4v) is 5.74. The molecule has 160 valence electrons. The monoisotopic (exact) mass is 446 g/mol. The van der Waals surface area contributed by atoms with E-state index in [-0.39, 0.29) is 11.6 Å². The second kappa shape index (κ2) is 8.30. The fraction of sp³-hybridized carbons (Fsp3) is 0.103. The van der Waals surface area contributed by atoms with Gasteiger partial charge in [-0.15, -0.1) is 0 Å². The molecule has 1 aliphatic carbocycles. The first-order valence-corrected chi connectivity index (χ1v) is 12.0. The summed E-state index contributed by atoms with van der Waals surface area (Å²) in [6.07, 6.45) is 7.77. The summed E-state index contributed by atoms with van der Waals surface area (Å²) in [7, 11) is 0. The van der Waals surface area contributed by atoms with E-state index in [0.717, 1.165) is 34.5 Å². The van der Waals surface area contributed by atoms with Gasteiger partial charge in [-0.05, 0) is 41.2 Å². The van der Waals surface area contributed by atoms with Crippen molar-refractivity contribution in [2.45, 2.75) is 18.9 Å². The molecule has 6 rings (SSSR count). The molecule has 3 nitrogen and oxygen atoms in total. The van der Waals surface area contributed by atoms with Crippen molar-refractivity contribution < 1.29 is 0 Å². The van der Waals surface area contributed by atoms with Crippen LogP contribution in [-0.2, 0) is 6.42 Å². The lowest BCUT2D eigenvalue weighted by Gasteiger charge is -2.30. The van der Waals surface area contributed by atoms with Crippen molar-refractivity contribution in [3.8, 4) is 0 Å². The summed E-state index contributed by atoms with van der Waals surface area (Å²) < 4.78 is 2.60. The van der Waals surface area contributed by atoms with E-state index in [4.69, 9.17) is 4.99 Å². The van der Waals surface area contributed by atoms with Crippen LogP contribution in [0.2, 0.25) is 0 Å². The van der Waals surface area contributed by atoms with Crippen LogP contribution < -0.4 is 14.9 Å². The average Bonchev–Trinajstić information content (AvgIpc) is 3.18. The number of aromatic nitrogens is 1. The molecule has 1 atom stereocenters. The van der Waals surface area contributed by atoms with Crippen LogP contribution in [0.1, 0.15) is 34.7 Å². The summed E-state index contributed by atoms with van der Waals surface area (Å²) in [5.41, 5.74) is 7.06. The van der Waals surface area contributed by atoms with E-state index in [0.29, 0.717) is 4.53 Å². The van der Waals surface area contributed by atoms with Gasteiger partial charge in [-0.2, -0.15) is 0 Å². The Morgan fingerprint density at radius 1 is 0.879 bits per heavy atom. The summed E-state index contributed by atoms with van der Waals surface area (Å²) in [4.78, 5) is 19.4.